The number of rotatable bonds is 6. The van der Waals surface area contributed by atoms with Gasteiger partial charge in [0.25, 0.3) is 0 Å². The van der Waals surface area contributed by atoms with E-state index in [0.717, 1.165) is 26.0 Å². The van der Waals surface area contributed by atoms with Crippen LogP contribution < -0.4 is 5.32 Å². The van der Waals surface area contributed by atoms with E-state index in [0.29, 0.717) is 11.5 Å². The fourth-order valence-corrected chi connectivity index (χ4v) is 4.57. The second kappa shape index (κ2) is 6.80. The lowest BCUT2D eigenvalue weighted by Crippen LogP contribution is -2.49. The highest BCUT2D eigenvalue weighted by atomic mass is 32.1. The largest absolute Gasteiger partial charge is 0.373 e. The summed E-state index contributed by atoms with van der Waals surface area (Å²) in [7, 11) is 0. The van der Waals surface area contributed by atoms with Crippen molar-refractivity contribution in [1.82, 2.24) is 5.32 Å². The molecule has 2 nitrogen and oxygen atoms in total. The number of nitrogens with one attached hydrogen (secondary N) is 1. The Bertz CT molecular complexity index is 442. The summed E-state index contributed by atoms with van der Waals surface area (Å²) in [6, 6.07) is 4.85. The summed E-state index contributed by atoms with van der Waals surface area (Å²) in [4.78, 5) is 2.82. The van der Waals surface area contributed by atoms with E-state index in [2.05, 4.69) is 52.1 Å². The zero-order valence-electron chi connectivity index (χ0n) is 14.3. The van der Waals surface area contributed by atoms with Crippen molar-refractivity contribution in [2.24, 2.45) is 5.41 Å². The van der Waals surface area contributed by atoms with Crippen molar-refractivity contribution >= 4 is 11.3 Å². The molecular formula is C18H31NOS. The fraction of sp³-hybridized carbons (Fsp3) is 0.778. The maximum Gasteiger partial charge on any atom is 0.0884 e. The van der Waals surface area contributed by atoms with Crippen LogP contribution in [-0.2, 0) is 4.74 Å². The highest BCUT2D eigenvalue weighted by Crippen LogP contribution is 2.48. The summed E-state index contributed by atoms with van der Waals surface area (Å²) in [6.07, 6.45) is 4.81. The second-order valence-corrected chi connectivity index (χ2v) is 8.42. The summed E-state index contributed by atoms with van der Waals surface area (Å²) in [5.41, 5.74) is 0.431. The van der Waals surface area contributed by atoms with Crippen molar-refractivity contribution in [3.8, 4) is 0 Å². The van der Waals surface area contributed by atoms with Gasteiger partial charge in [0.15, 0.2) is 0 Å². The first-order valence-electron chi connectivity index (χ1n) is 8.36. The lowest BCUT2D eigenvalue weighted by molar-refractivity contribution is -0.107. The normalized spacial score (nSPS) is 22.1. The van der Waals surface area contributed by atoms with Gasteiger partial charge >= 0.3 is 0 Å². The molecule has 0 amide bonds. The zero-order valence-corrected chi connectivity index (χ0v) is 15.1. The lowest BCUT2D eigenvalue weighted by atomic mass is 9.68. The lowest BCUT2D eigenvalue weighted by Gasteiger charge is -2.47. The molecule has 1 atom stereocenters. The van der Waals surface area contributed by atoms with Crippen LogP contribution in [0.15, 0.2) is 12.1 Å². The third kappa shape index (κ3) is 3.88. The Labute approximate surface area is 134 Å². The molecule has 1 saturated carbocycles. The summed E-state index contributed by atoms with van der Waals surface area (Å²) in [5, 5.41) is 3.72. The zero-order chi connectivity index (χ0) is 15.5. The van der Waals surface area contributed by atoms with Crippen molar-refractivity contribution < 1.29 is 4.74 Å². The summed E-state index contributed by atoms with van der Waals surface area (Å²) in [6.45, 7) is 13.1. The first-order valence-corrected chi connectivity index (χ1v) is 9.18. The van der Waals surface area contributed by atoms with Gasteiger partial charge in [-0.05, 0) is 63.6 Å². The molecule has 0 saturated heterocycles. The van der Waals surface area contributed by atoms with E-state index in [1.54, 1.807) is 0 Å². The quantitative estimate of drug-likeness (QED) is 0.791. The standard InChI is InChI=1S/C18H31NOS/c1-6-19-16(15-9-8-14(3)21-15)18(20-7-2)12-10-17(4,5)11-13-18/h8-9,16,19H,6-7,10-13H2,1-5H3. The number of thiophene rings is 1. The van der Waals surface area contributed by atoms with E-state index in [-0.39, 0.29) is 5.60 Å². The van der Waals surface area contributed by atoms with Crippen LogP contribution in [0, 0.1) is 12.3 Å². The second-order valence-electron chi connectivity index (χ2n) is 7.10. The molecule has 1 aliphatic carbocycles. The number of aryl methyl sites for hydroxylation is 1. The van der Waals surface area contributed by atoms with Gasteiger partial charge in [0, 0.05) is 16.4 Å². The number of ether oxygens (including phenoxy) is 1. The van der Waals surface area contributed by atoms with Gasteiger partial charge in [-0.15, -0.1) is 11.3 Å². The monoisotopic (exact) mass is 309 g/mol. The van der Waals surface area contributed by atoms with E-state index in [1.165, 1.54) is 22.6 Å². The molecule has 1 aromatic rings. The molecular weight excluding hydrogens is 278 g/mol. The van der Waals surface area contributed by atoms with Gasteiger partial charge in [0.1, 0.15) is 0 Å². The van der Waals surface area contributed by atoms with Gasteiger partial charge in [-0.1, -0.05) is 20.8 Å². The Morgan fingerprint density at radius 2 is 1.86 bits per heavy atom. The van der Waals surface area contributed by atoms with Crippen LogP contribution in [0.5, 0.6) is 0 Å². The topological polar surface area (TPSA) is 21.3 Å². The van der Waals surface area contributed by atoms with Crippen LogP contribution in [0.2, 0.25) is 0 Å². The van der Waals surface area contributed by atoms with Gasteiger partial charge < -0.3 is 10.1 Å². The summed E-state index contributed by atoms with van der Waals surface area (Å²) >= 11 is 1.91. The fourth-order valence-electron chi connectivity index (χ4n) is 3.51. The minimum Gasteiger partial charge on any atom is -0.373 e. The summed E-state index contributed by atoms with van der Waals surface area (Å²) in [5.74, 6) is 0. The molecule has 1 heterocycles. The molecule has 0 aliphatic heterocycles. The van der Waals surface area contributed by atoms with Crippen molar-refractivity contribution in [3.63, 3.8) is 0 Å². The van der Waals surface area contributed by atoms with Crippen LogP contribution in [0.3, 0.4) is 0 Å². The van der Waals surface area contributed by atoms with E-state index in [9.17, 15) is 0 Å². The molecule has 3 heteroatoms. The molecule has 1 N–H and O–H groups in total. The molecule has 1 unspecified atom stereocenters. The Kier molecular flexibility index (Phi) is 5.50. The van der Waals surface area contributed by atoms with Crippen LogP contribution in [0.4, 0.5) is 0 Å². The van der Waals surface area contributed by atoms with Crippen LogP contribution >= 0.6 is 11.3 Å². The maximum atomic E-state index is 6.39. The maximum absolute atomic E-state index is 6.39. The highest BCUT2D eigenvalue weighted by Gasteiger charge is 2.45. The van der Waals surface area contributed by atoms with Crippen LogP contribution in [-0.4, -0.2) is 18.8 Å². The number of hydrogen-bond donors (Lipinski definition) is 1. The Balaban J connectivity index is 2.28. The SMILES string of the molecule is CCNC(c1ccc(C)s1)C1(OCC)CCC(C)(C)CC1. The molecule has 0 bridgehead atoms. The van der Waals surface area contributed by atoms with Crippen molar-refractivity contribution in [3.05, 3.63) is 21.9 Å². The predicted octanol–water partition coefficient (Wildman–Crippen LogP) is 5.08. The van der Waals surface area contributed by atoms with Gasteiger partial charge in [-0.3, -0.25) is 0 Å². The minimum absolute atomic E-state index is 0.0302. The molecule has 0 spiro atoms. The Morgan fingerprint density at radius 3 is 2.33 bits per heavy atom. The molecule has 1 fully saturated rings. The summed E-state index contributed by atoms with van der Waals surface area (Å²) < 4.78 is 6.39. The average Bonchev–Trinajstić information content (AvgIpc) is 2.85. The molecule has 2 rings (SSSR count). The molecule has 1 aromatic heterocycles. The Hall–Kier alpha value is -0.380. The van der Waals surface area contributed by atoms with Gasteiger partial charge in [0.05, 0.1) is 11.6 Å². The van der Waals surface area contributed by atoms with Crippen molar-refractivity contribution in [1.29, 1.82) is 0 Å². The third-order valence-corrected chi connectivity index (χ3v) is 5.93. The van der Waals surface area contributed by atoms with Crippen molar-refractivity contribution in [2.75, 3.05) is 13.2 Å². The van der Waals surface area contributed by atoms with Gasteiger partial charge in [-0.25, -0.2) is 0 Å². The molecule has 1 aliphatic rings. The molecule has 0 aromatic carbocycles. The molecule has 21 heavy (non-hydrogen) atoms. The minimum atomic E-state index is -0.0302. The molecule has 0 radical (unpaired) electrons. The van der Waals surface area contributed by atoms with Crippen LogP contribution in [0.25, 0.3) is 0 Å². The number of hydrogen-bond acceptors (Lipinski definition) is 3. The number of likely N-dealkylation sites (N-methyl/N-ethyl adjacent to an activating group) is 1. The predicted molar refractivity (Wildman–Crippen MR) is 92.1 cm³/mol. The average molecular weight is 310 g/mol. The first-order chi connectivity index (χ1) is 9.92. The third-order valence-electron chi connectivity index (χ3n) is 4.86. The van der Waals surface area contributed by atoms with E-state index in [1.807, 2.05) is 11.3 Å². The van der Waals surface area contributed by atoms with Gasteiger partial charge in [-0.2, -0.15) is 0 Å². The first kappa shape index (κ1) is 17.0. The van der Waals surface area contributed by atoms with E-state index < -0.39 is 0 Å². The van der Waals surface area contributed by atoms with Crippen molar-refractivity contribution in [2.45, 2.75) is 71.9 Å². The smallest absolute Gasteiger partial charge is 0.0884 e. The van der Waals surface area contributed by atoms with Gasteiger partial charge in [0.2, 0.25) is 0 Å². The van der Waals surface area contributed by atoms with E-state index >= 15 is 0 Å². The van der Waals surface area contributed by atoms with Crippen LogP contribution in [0.1, 0.15) is 69.2 Å². The highest BCUT2D eigenvalue weighted by molar-refractivity contribution is 7.12. The molecule has 120 valence electrons. The van der Waals surface area contributed by atoms with E-state index in [4.69, 9.17) is 4.74 Å². The Morgan fingerprint density at radius 1 is 1.19 bits per heavy atom.